The van der Waals surface area contributed by atoms with Crippen molar-refractivity contribution < 1.29 is 13.9 Å². The van der Waals surface area contributed by atoms with E-state index in [1.807, 2.05) is 0 Å². The number of nitrogens with one attached hydrogen (secondary N) is 1. The van der Waals surface area contributed by atoms with Gasteiger partial charge in [0.25, 0.3) is 5.91 Å². The first-order chi connectivity index (χ1) is 8.25. The van der Waals surface area contributed by atoms with E-state index in [2.05, 4.69) is 5.32 Å². The Bertz CT molecular complexity index is 372. The van der Waals surface area contributed by atoms with Crippen molar-refractivity contribution in [1.82, 2.24) is 5.32 Å². The summed E-state index contributed by atoms with van der Waals surface area (Å²) in [5.74, 6) is 0.0237. The van der Waals surface area contributed by atoms with E-state index >= 15 is 0 Å². The highest BCUT2D eigenvalue weighted by Crippen LogP contribution is 2.13. The lowest BCUT2D eigenvalue weighted by atomic mass is 10.0. The molecule has 0 unspecified atom stereocenters. The summed E-state index contributed by atoms with van der Waals surface area (Å²) in [6.07, 6.45) is 1.98. The second-order valence-corrected chi connectivity index (χ2v) is 4.27. The molecule has 0 aliphatic carbocycles. The molecule has 0 spiro atoms. The maximum absolute atomic E-state index is 12.7. The largest absolute Gasteiger partial charge is 0.381 e. The molecule has 3 nitrogen and oxygen atoms in total. The van der Waals surface area contributed by atoms with Crippen LogP contribution in [0.2, 0.25) is 0 Å². The number of amides is 1. The average molecular weight is 237 g/mol. The number of halogens is 1. The quantitative estimate of drug-likeness (QED) is 0.873. The Hall–Kier alpha value is -1.42. The van der Waals surface area contributed by atoms with E-state index < -0.39 is 0 Å². The van der Waals surface area contributed by atoms with Gasteiger partial charge in [0.05, 0.1) is 0 Å². The normalized spacial score (nSPS) is 16.8. The van der Waals surface area contributed by atoms with Crippen LogP contribution in [0.4, 0.5) is 4.39 Å². The summed E-state index contributed by atoms with van der Waals surface area (Å²) in [5, 5.41) is 2.87. The van der Waals surface area contributed by atoms with Crippen LogP contribution in [0.25, 0.3) is 0 Å². The van der Waals surface area contributed by atoms with Crippen molar-refractivity contribution in [3.63, 3.8) is 0 Å². The maximum atomic E-state index is 12.7. The Morgan fingerprint density at radius 1 is 1.29 bits per heavy atom. The molecular weight excluding hydrogens is 221 g/mol. The number of carbonyl (C=O) groups is 1. The summed E-state index contributed by atoms with van der Waals surface area (Å²) in [6.45, 7) is 2.22. The highest BCUT2D eigenvalue weighted by Gasteiger charge is 2.15. The Labute approximate surface area is 100.0 Å². The zero-order valence-electron chi connectivity index (χ0n) is 9.62. The molecule has 1 saturated heterocycles. The van der Waals surface area contributed by atoms with E-state index in [-0.39, 0.29) is 11.7 Å². The van der Waals surface area contributed by atoms with Crippen molar-refractivity contribution in [2.24, 2.45) is 5.92 Å². The van der Waals surface area contributed by atoms with Crippen molar-refractivity contribution in [3.05, 3.63) is 35.6 Å². The van der Waals surface area contributed by atoms with E-state index in [1.54, 1.807) is 0 Å². The Kier molecular flexibility index (Phi) is 4.09. The molecular formula is C13H16FNO2. The van der Waals surface area contributed by atoms with E-state index in [1.165, 1.54) is 24.3 Å². The summed E-state index contributed by atoms with van der Waals surface area (Å²) in [5.41, 5.74) is 0.499. The molecule has 92 valence electrons. The van der Waals surface area contributed by atoms with Gasteiger partial charge in [0.2, 0.25) is 0 Å². The predicted octanol–water partition coefficient (Wildman–Crippen LogP) is 1.98. The van der Waals surface area contributed by atoms with Gasteiger partial charge in [-0.25, -0.2) is 4.39 Å². The third-order valence-corrected chi connectivity index (χ3v) is 3.00. The van der Waals surface area contributed by atoms with Crippen LogP contribution < -0.4 is 5.32 Å². The summed E-state index contributed by atoms with van der Waals surface area (Å²) in [6, 6.07) is 5.58. The Balaban J connectivity index is 1.82. The fourth-order valence-electron chi connectivity index (χ4n) is 1.89. The van der Waals surface area contributed by atoms with Crippen molar-refractivity contribution >= 4 is 5.91 Å². The van der Waals surface area contributed by atoms with Crippen LogP contribution in [0.1, 0.15) is 23.2 Å². The van der Waals surface area contributed by atoms with Crippen LogP contribution in [0, 0.1) is 11.7 Å². The van der Waals surface area contributed by atoms with Crippen molar-refractivity contribution in [3.8, 4) is 0 Å². The number of hydrogen-bond donors (Lipinski definition) is 1. The van der Waals surface area contributed by atoms with Gasteiger partial charge in [-0.1, -0.05) is 0 Å². The van der Waals surface area contributed by atoms with Crippen LogP contribution in [-0.4, -0.2) is 25.7 Å². The topological polar surface area (TPSA) is 38.3 Å². The number of rotatable bonds is 3. The number of hydrogen-bond acceptors (Lipinski definition) is 2. The standard InChI is InChI=1S/C13H16FNO2/c14-12-3-1-11(2-4-12)13(16)15-9-10-5-7-17-8-6-10/h1-4,10H,5-9H2,(H,15,16). The van der Waals surface area contributed by atoms with Gasteiger partial charge in [0, 0.05) is 25.3 Å². The van der Waals surface area contributed by atoms with E-state index in [0.29, 0.717) is 18.0 Å². The van der Waals surface area contributed by atoms with Gasteiger partial charge in [-0.15, -0.1) is 0 Å². The lowest BCUT2D eigenvalue weighted by molar-refractivity contribution is 0.0642. The smallest absolute Gasteiger partial charge is 0.251 e. The zero-order valence-corrected chi connectivity index (χ0v) is 9.62. The van der Waals surface area contributed by atoms with E-state index in [9.17, 15) is 9.18 Å². The molecule has 1 aromatic carbocycles. The third-order valence-electron chi connectivity index (χ3n) is 3.00. The van der Waals surface area contributed by atoms with Gasteiger partial charge >= 0.3 is 0 Å². The molecule has 0 bridgehead atoms. The lowest BCUT2D eigenvalue weighted by Gasteiger charge is -2.22. The highest BCUT2D eigenvalue weighted by atomic mass is 19.1. The number of carbonyl (C=O) groups excluding carboxylic acids is 1. The fourth-order valence-corrected chi connectivity index (χ4v) is 1.89. The molecule has 17 heavy (non-hydrogen) atoms. The molecule has 1 amide bonds. The molecule has 1 fully saturated rings. The molecule has 1 aromatic rings. The summed E-state index contributed by atoms with van der Waals surface area (Å²) in [4.78, 5) is 11.7. The monoisotopic (exact) mass is 237 g/mol. The van der Waals surface area contributed by atoms with Crippen LogP contribution >= 0.6 is 0 Å². The summed E-state index contributed by atoms with van der Waals surface area (Å²) in [7, 11) is 0. The summed E-state index contributed by atoms with van der Waals surface area (Å²) >= 11 is 0. The maximum Gasteiger partial charge on any atom is 0.251 e. The average Bonchev–Trinajstić information content (AvgIpc) is 2.38. The first-order valence-corrected chi connectivity index (χ1v) is 5.87. The Morgan fingerprint density at radius 3 is 2.59 bits per heavy atom. The lowest BCUT2D eigenvalue weighted by Crippen LogP contribution is -2.32. The molecule has 2 rings (SSSR count). The SMILES string of the molecule is O=C(NCC1CCOCC1)c1ccc(F)cc1. The first-order valence-electron chi connectivity index (χ1n) is 5.87. The van der Waals surface area contributed by atoms with Gasteiger partial charge < -0.3 is 10.1 Å². The zero-order chi connectivity index (χ0) is 12.1. The minimum atomic E-state index is -0.328. The van der Waals surface area contributed by atoms with E-state index in [0.717, 1.165) is 26.1 Å². The predicted molar refractivity (Wildman–Crippen MR) is 62.3 cm³/mol. The highest BCUT2D eigenvalue weighted by molar-refractivity contribution is 5.94. The van der Waals surface area contributed by atoms with Crippen LogP contribution in [0.3, 0.4) is 0 Å². The minimum Gasteiger partial charge on any atom is -0.381 e. The molecule has 1 heterocycles. The second-order valence-electron chi connectivity index (χ2n) is 4.27. The molecule has 0 saturated carbocycles. The molecule has 1 aliphatic rings. The van der Waals surface area contributed by atoms with Crippen LogP contribution in [0.15, 0.2) is 24.3 Å². The van der Waals surface area contributed by atoms with Crippen molar-refractivity contribution in [1.29, 1.82) is 0 Å². The molecule has 0 radical (unpaired) electrons. The number of benzene rings is 1. The van der Waals surface area contributed by atoms with Gasteiger partial charge in [0.1, 0.15) is 5.82 Å². The van der Waals surface area contributed by atoms with Crippen LogP contribution in [-0.2, 0) is 4.74 Å². The summed E-state index contributed by atoms with van der Waals surface area (Å²) < 4.78 is 17.9. The van der Waals surface area contributed by atoms with Crippen LogP contribution in [0.5, 0.6) is 0 Å². The second kappa shape index (κ2) is 5.77. The molecule has 0 aromatic heterocycles. The van der Waals surface area contributed by atoms with Gasteiger partial charge in [-0.2, -0.15) is 0 Å². The van der Waals surface area contributed by atoms with E-state index in [4.69, 9.17) is 4.74 Å². The number of ether oxygens (including phenoxy) is 1. The van der Waals surface area contributed by atoms with Gasteiger partial charge in [-0.05, 0) is 43.0 Å². The van der Waals surface area contributed by atoms with Crippen molar-refractivity contribution in [2.45, 2.75) is 12.8 Å². The van der Waals surface area contributed by atoms with Gasteiger partial charge in [0.15, 0.2) is 0 Å². The third kappa shape index (κ3) is 3.53. The fraction of sp³-hybridized carbons (Fsp3) is 0.462. The molecule has 1 aliphatic heterocycles. The van der Waals surface area contributed by atoms with Crippen molar-refractivity contribution in [2.75, 3.05) is 19.8 Å². The minimum absolute atomic E-state index is 0.142. The first kappa shape index (κ1) is 12.0. The molecule has 4 heteroatoms. The van der Waals surface area contributed by atoms with Gasteiger partial charge in [-0.3, -0.25) is 4.79 Å². The molecule has 0 atom stereocenters. The Morgan fingerprint density at radius 2 is 1.94 bits per heavy atom. The molecule has 1 N–H and O–H groups in total.